The van der Waals surface area contributed by atoms with Gasteiger partial charge in [0.15, 0.2) is 0 Å². The molecule has 1 aliphatic heterocycles. The lowest BCUT2D eigenvalue weighted by atomic mass is 10.0. The Balaban J connectivity index is 1.49. The van der Waals surface area contributed by atoms with Gasteiger partial charge in [0, 0.05) is 32.3 Å². The third-order valence-corrected chi connectivity index (χ3v) is 6.94. The minimum atomic E-state index is -4.37. The molecule has 1 N–H and O–H groups in total. The van der Waals surface area contributed by atoms with Gasteiger partial charge in [-0.25, -0.2) is 13.1 Å². The summed E-state index contributed by atoms with van der Waals surface area (Å²) in [4.78, 5) is 2.19. The van der Waals surface area contributed by atoms with Crippen LogP contribution < -0.4 is 9.46 Å². The SMILES string of the molecule is CCOCCOc1ccc(S(=O)(=O)NC2CCN(Cc3cccc(C(F)(F)F)c3)CC2)cc1. The van der Waals surface area contributed by atoms with Crippen molar-refractivity contribution in [1.29, 1.82) is 0 Å². The normalized spacial score (nSPS) is 16.1. The summed E-state index contributed by atoms with van der Waals surface area (Å²) < 4.78 is 77.6. The molecule has 1 fully saturated rings. The van der Waals surface area contributed by atoms with Gasteiger partial charge in [0.1, 0.15) is 12.4 Å². The minimum absolute atomic E-state index is 0.158. The Kier molecular flexibility index (Phi) is 8.75. The van der Waals surface area contributed by atoms with Gasteiger partial charge < -0.3 is 9.47 Å². The van der Waals surface area contributed by atoms with E-state index in [0.717, 1.165) is 6.07 Å². The fourth-order valence-electron chi connectivity index (χ4n) is 3.68. The number of alkyl halides is 3. The van der Waals surface area contributed by atoms with Gasteiger partial charge in [-0.05, 0) is 55.7 Å². The monoisotopic (exact) mass is 486 g/mol. The highest BCUT2D eigenvalue weighted by Crippen LogP contribution is 2.30. The van der Waals surface area contributed by atoms with Gasteiger partial charge in [0.2, 0.25) is 10.0 Å². The first-order valence-corrected chi connectivity index (χ1v) is 12.4. The van der Waals surface area contributed by atoms with E-state index >= 15 is 0 Å². The second kappa shape index (κ2) is 11.3. The van der Waals surface area contributed by atoms with Crippen molar-refractivity contribution in [2.24, 2.45) is 0 Å². The summed E-state index contributed by atoms with van der Waals surface area (Å²) in [5.74, 6) is 0.566. The molecular weight excluding hydrogens is 457 g/mol. The van der Waals surface area contributed by atoms with Crippen LogP contribution in [0.4, 0.5) is 13.2 Å². The molecule has 0 aliphatic carbocycles. The Hall–Kier alpha value is -2.14. The molecule has 3 rings (SSSR count). The fourth-order valence-corrected chi connectivity index (χ4v) is 4.98. The van der Waals surface area contributed by atoms with E-state index in [9.17, 15) is 21.6 Å². The molecule has 1 aliphatic rings. The van der Waals surface area contributed by atoms with Crippen LogP contribution in [0.1, 0.15) is 30.9 Å². The zero-order chi connectivity index (χ0) is 23.9. The average Bonchev–Trinajstić information content (AvgIpc) is 2.78. The third kappa shape index (κ3) is 7.70. The quantitative estimate of drug-likeness (QED) is 0.513. The number of piperidine rings is 1. The molecule has 0 saturated carbocycles. The van der Waals surface area contributed by atoms with Crippen molar-refractivity contribution in [3.8, 4) is 5.75 Å². The summed E-state index contributed by atoms with van der Waals surface area (Å²) >= 11 is 0. The fraction of sp³-hybridized carbons (Fsp3) is 0.478. The first kappa shape index (κ1) is 25.5. The van der Waals surface area contributed by atoms with Crippen LogP contribution in [-0.2, 0) is 27.5 Å². The van der Waals surface area contributed by atoms with Crippen molar-refractivity contribution in [1.82, 2.24) is 9.62 Å². The Labute approximate surface area is 192 Å². The molecule has 2 aromatic rings. The van der Waals surface area contributed by atoms with Crippen LogP contribution in [0.2, 0.25) is 0 Å². The maximum absolute atomic E-state index is 12.9. The third-order valence-electron chi connectivity index (χ3n) is 5.40. The number of sulfonamides is 1. The van der Waals surface area contributed by atoms with Crippen LogP contribution in [0.5, 0.6) is 5.75 Å². The standard InChI is InChI=1S/C23H29F3N2O4S/c1-2-31-14-15-32-21-6-8-22(9-7-21)33(29,30)27-20-10-12-28(13-11-20)17-18-4-3-5-19(16-18)23(24,25)26/h3-9,16,20,27H,2,10-15,17H2,1H3. The van der Waals surface area contributed by atoms with Crippen molar-refractivity contribution in [2.75, 3.05) is 32.9 Å². The molecule has 0 bridgehead atoms. The molecule has 6 nitrogen and oxygen atoms in total. The summed E-state index contributed by atoms with van der Waals surface area (Å²) in [5, 5.41) is 0. The van der Waals surface area contributed by atoms with Crippen LogP contribution in [0, 0.1) is 0 Å². The molecular formula is C23H29F3N2O4S. The molecule has 0 spiro atoms. The van der Waals surface area contributed by atoms with E-state index in [1.165, 1.54) is 24.3 Å². The van der Waals surface area contributed by atoms with E-state index in [1.807, 2.05) is 11.8 Å². The molecule has 0 aromatic heterocycles. The maximum Gasteiger partial charge on any atom is 0.416 e. The Morgan fingerprint density at radius 3 is 2.39 bits per heavy atom. The van der Waals surface area contributed by atoms with E-state index in [-0.39, 0.29) is 10.9 Å². The Bertz CT molecular complexity index is 990. The van der Waals surface area contributed by atoms with Gasteiger partial charge in [-0.3, -0.25) is 4.90 Å². The minimum Gasteiger partial charge on any atom is -0.491 e. The zero-order valence-electron chi connectivity index (χ0n) is 18.5. The molecule has 0 radical (unpaired) electrons. The van der Waals surface area contributed by atoms with Crippen molar-refractivity contribution < 1.29 is 31.1 Å². The number of nitrogens with one attached hydrogen (secondary N) is 1. The summed E-state index contributed by atoms with van der Waals surface area (Å²) in [5.41, 5.74) is -0.0687. The number of ether oxygens (including phenoxy) is 2. The summed E-state index contributed by atoms with van der Waals surface area (Å²) in [6.07, 6.45) is -3.21. The highest BCUT2D eigenvalue weighted by Gasteiger charge is 2.31. The van der Waals surface area contributed by atoms with Crippen molar-refractivity contribution in [3.05, 3.63) is 59.7 Å². The van der Waals surface area contributed by atoms with Crippen molar-refractivity contribution >= 4 is 10.0 Å². The van der Waals surface area contributed by atoms with Crippen LogP contribution in [0.15, 0.2) is 53.4 Å². The van der Waals surface area contributed by atoms with E-state index in [2.05, 4.69) is 4.72 Å². The molecule has 0 amide bonds. The largest absolute Gasteiger partial charge is 0.491 e. The zero-order valence-corrected chi connectivity index (χ0v) is 19.3. The number of hydrogen-bond acceptors (Lipinski definition) is 5. The highest BCUT2D eigenvalue weighted by atomic mass is 32.2. The molecule has 1 saturated heterocycles. The predicted octanol–water partition coefficient (Wildman–Crippen LogP) is 4.06. The summed E-state index contributed by atoms with van der Waals surface area (Å²) in [7, 11) is -3.68. The second-order valence-corrected chi connectivity index (χ2v) is 9.60. The van der Waals surface area contributed by atoms with Crippen LogP contribution in [0.25, 0.3) is 0 Å². The van der Waals surface area contributed by atoms with Crippen molar-refractivity contribution in [3.63, 3.8) is 0 Å². The van der Waals surface area contributed by atoms with E-state index in [1.54, 1.807) is 18.2 Å². The van der Waals surface area contributed by atoms with Crippen molar-refractivity contribution in [2.45, 2.75) is 43.4 Å². The molecule has 1 heterocycles. The number of halogens is 3. The lowest BCUT2D eigenvalue weighted by Gasteiger charge is -2.32. The Morgan fingerprint density at radius 1 is 1.06 bits per heavy atom. The number of likely N-dealkylation sites (tertiary alicyclic amines) is 1. The van der Waals surface area contributed by atoms with E-state index in [0.29, 0.717) is 63.6 Å². The number of rotatable bonds is 10. The summed E-state index contributed by atoms with van der Waals surface area (Å²) in [6, 6.07) is 11.3. The van der Waals surface area contributed by atoms with E-state index in [4.69, 9.17) is 9.47 Å². The molecule has 2 aromatic carbocycles. The van der Waals surface area contributed by atoms with Crippen LogP contribution in [-0.4, -0.2) is 52.3 Å². The first-order valence-electron chi connectivity index (χ1n) is 10.9. The van der Waals surface area contributed by atoms with Crippen LogP contribution in [0.3, 0.4) is 0 Å². The van der Waals surface area contributed by atoms with Gasteiger partial charge in [0.05, 0.1) is 17.1 Å². The smallest absolute Gasteiger partial charge is 0.416 e. The second-order valence-electron chi connectivity index (χ2n) is 7.89. The topological polar surface area (TPSA) is 67.9 Å². The number of benzene rings is 2. The van der Waals surface area contributed by atoms with Gasteiger partial charge in [0.25, 0.3) is 0 Å². The number of nitrogens with zero attached hydrogens (tertiary/aromatic N) is 1. The van der Waals surface area contributed by atoms with Gasteiger partial charge in [-0.2, -0.15) is 13.2 Å². The average molecular weight is 487 g/mol. The molecule has 33 heavy (non-hydrogen) atoms. The maximum atomic E-state index is 12.9. The van der Waals surface area contributed by atoms with Gasteiger partial charge >= 0.3 is 6.18 Å². The van der Waals surface area contributed by atoms with Gasteiger partial charge in [-0.1, -0.05) is 18.2 Å². The first-order chi connectivity index (χ1) is 15.7. The molecule has 182 valence electrons. The Morgan fingerprint density at radius 2 is 1.76 bits per heavy atom. The molecule has 0 unspecified atom stereocenters. The molecule has 0 atom stereocenters. The van der Waals surface area contributed by atoms with Gasteiger partial charge in [-0.15, -0.1) is 0 Å². The van der Waals surface area contributed by atoms with E-state index < -0.39 is 21.8 Å². The lowest BCUT2D eigenvalue weighted by molar-refractivity contribution is -0.137. The summed E-state index contributed by atoms with van der Waals surface area (Å²) in [6.45, 7) is 4.94. The molecule has 10 heteroatoms. The predicted molar refractivity (Wildman–Crippen MR) is 118 cm³/mol. The number of hydrogen-bond donors (Lipinski definition) is 1. The lowest BCUT2D eigenvalue weighted by Crippen LogP contribution is -2.44. The highest BCUT2D eigenvalue weighted by molar-refractivity contribution is 7.89. The van der Waals surface area contributed by atoms with Crippen LogP contribution >= 0.6 is 0 Å².